The highest BCUT2D eigenvalue weighted by Crippen LogP contribution is 2.34. The van der Waals surface area contributed by atoms with E-state index in [9.17, 15) is 27.2 Å². The van der Waals surface area contributed by atoms with Crippen molar-refractivity contribution in [2.24, 2.45) is 0 Å². The Morgan fingerprint density at radius 2 is 1.68 bits per heavy atom. The number of hydrogen-bond donors (Lipinski definition) is 1. The Morgan fingerprint density at radius 1 is 1.05 bits per heavy atom. The second-order valence-corrected chi connectivity index (χ2v) is 9.26. The number of anilines is 2. The summed E-state index contributed by atoms with van der Waals surface area (Å²) >= 11 is 0. The minimum Gasteiger partial charge on any atom is -0.475 e. The average molecular weight is 525 g/mol. The molecule has 2 aliphatic heterocycles. The first-order valence-electron chi connectivity index (χ1n) is 11.4. The van der Waals surface area contributed by atoms with E-state index in [2.05, 4.69) is 0 Å². The zero-order chi connectivity index (χ0) is 27.5. The van der Waals surface area contributed by atoms with Crippen LogP contribution < -0.4 is 9.80 Å². The number of piperazine rings is 1. The summed E-state index contributed by atoms with van der Waals surface area (Å²) in [5, 5.41) is 7.12. The summed E-state index contributed by atoms with van der Waals surface area (Å²) in [6.45, 7) is 1.85. The number of carbonyl (C=O) groups is 3. The number of alkyl halides is 3. The number of rotatable bonds is 3. The maximum Gasteiger partial charge on any atom is 0.490 e. The minimum absolute atomic E-state index is 0.000198. The third-order valence-corrected chi connectivity index (χ3v) is 6.55. The molecule has 12 heteroatoms. The molecular formula is C25H28F4N4O4. The van der Waals surface area contributed by atoms with E-state index in [-0.39, 0.29) is 29.7 Å². The molecule has 37 heavy (non-hydrogen) atoms. The zero-order valence-corrected chi connectivity index (χ0v) is 20.6. The number of likely N-dealkylation sites (N-methyl/N-ethyl adjacent to an activating group) is 1. The molecule has 2 fully saturated rings. The second-order valence-electron chi connectivity index (χ2n) is 9.26. The van der Waals surface area contributed by atoms with Crippen LogP contribution in [0.3, 0.4) is 0 Å². The molecule has 1 N–H and O–H groups in total. The minimum atomic E-state index is -5.08. The maximum atomic E-state index is 13.7. The summed E-state index contributed by atoms with van der Waals surface area (Å²) in [4.78, 5) is 42.2. The molecule has 2 saturated heterocycles. The Kier molecular flexibility index (Phi) is 8.11. The van der Waals surface area contributed by atoms with Crippen molar-refractivity contribution in [2.75, 3.05) is 57.1 Å². The van der Waals surface area contributed by atoms with Crippen molar-refractivity contribution in [3.63, 3.8) is 0 Å². The van der Waals surface area contributed by atoms with Crippen molar-refractivity contribution >= 4 is 29.2 Å². The van der Waals surface area contributed by atoms with Gasteiger partial charge in [0.2, 0.25) is 5.91 Å². The van der Waals surface area contributed by atoms with Gasteiger partial charge >= 0.3 is 12.1 Å². The highest BCUT2D eigenvalue weighted by Gasteiger charge is 2.48. The lowest BCUT2D eigenvalue weighted by molar-refractivity contribution is -0.192. The van der Waals surface area contributed by atoms with Gasteiger partial charge in [0, 0.05) is 50.7 Å². The van der Waals surface area contributed by atoms with Gasteiger partial charge in [-0.2, -0.15) is 13.2 Å². The van der Waals surface area contributed by atoms with Crippen LogP contribution in [0.4, 0.5) is 28.9 Å². The highest BCUT2D eigenvalue weighted by molar-refractivity contribution is 5.97. The van der Waals surface area contributed by atoms with Gasteiger partial charge in [-0.1, -0.05) is 6.07 Å². The van der Waals surface area contributed by atoms with Crippen LogP contribution in [0.2, 0.25) is 0 Å². The summed E-state index contributed by atoms with van der Waals surface area (Å²) in [6.07, 6.45) is -4.32. The number of carboxylic acid groups (broad SMARTS) is 1. The van der Waals surface area contributed by atoms with E-state index in [4.69, 9.17) is 9.90 Å². The van der Waals surface area contributed by atoms with Crippen molar-refractivity contribution in [1.82, 2.24) is 9.80 Å². The molecule has 1 spiro atoms. The van der Waals surface area contributed by atoms with Crippen molar-refractivity contribution in [1.29, 1.82) is 0 Å². The topological polar surface area (TPSA) is 84.4 Å². The molecule has 0 radical (unpaired) electrons. The Labute approximate surface area is 211 Å². The quantitative estimate of drug-likeness (QED) is 0.622. The van der Waals surface area contributed by atoms with Crippen molar-refractivity contribution in [3.8, 4) is 0 Å². The van der Waals surface area contributed by atoms with Crippen LogP contribution in [0, 0.1) is 5.82 Å². The lowest BCUT2D eigenvalue weighted by Crippen LogP contribution is -2.64. The number of benzene rings is 2. The monoisotopic (exact) mass is 524 g/mol. The van der Waals surface area contributed by atoms with Gasteiger partial charge in [-0.15, -0.1) is 0 Å². The van der Waals surface area contributed by atoms with E-state index < -0.39 is 12.1 Å². The average Bonchev–Trinajstić information content (AvgIpc) is 3.26. The third-order valence-electron chi connectivity index (χ3n) is 6.55. The highest BCUT2D eigenvalue weighted by atomic mass is 19.4. The summed E-state index contributed by atoms with van der Waals surface area (Å²) < 4.78 is 45.5. The summed E-state index contributed by atoms with van der Waals surface area (Å²) in [5.41, 5.74) is 1.94. The van der Waals surface area contributed by atoms with E-state index >= 15 is 0 Å². The van der Waals surface area contributed by atoms with Crippen LogP contribution in [0.15, 0.2) is 48.5 Å². The number of carbonyl (C=O) groups excluding carboxylic acids is 2. The molecule has 1 unspecified atom stereocenters. The van der Waals surface area contributed by atoms with Crippen molar-refractivity contribution in [3.05, 3.63) is 59.9 Å². The molecule has 2 amide bonds. The van der Waals surface area contributed by atoms with Crippen molar-refractivity contribution < 1.29 is 37.1 Å². The normalized spacial score (nSPS) is 20.0. The molecular weight excluding hydrogens is 496 g/mol. The standard InChI is InChI=1S/C23H27FN4O2.C2HF3O2/c1-25(2)19-9-7-17(8-10-19)22(30)27-12-11-23(15-27)16-28(21(29)14-26(23)3)20-6-4-5-18(24)13-20;3-2(4,5)1(6)7/h4-10,13H,11-12,14-16H2,1-3H3;(H,6,7). The first-order valence-corrected chi connectivity index (χ1v) is 11.4. The first-order chi connectivity index (χ1) is 17.2. The molecule has 2 aromatic rings. The first kappa shape index (κ1) is 27.9. The summed E-state index contributed by atoms with van der Waals surface area (Å²) in [5.74, 6) is -3.18. The number of amides is 2. The van der Waals surface area contributed by atoms with Gasteiger partial charge < -0.3 is 19.8 Å². The Balaban J connectivity index is 0.000000479. The zero-order valence-electron chi connectivity index (χ0n) is 20.6. The van der Waals surface area contributed by atoms with Gasteiger partial charge in [0.25, 0.3) is 5.91 Å². The number of likely N-dealkylation sites (tertiary alicyclic amines) is 1. The van der Waals surface area contributed by atoms with Gasteiger partial charge in [0.1, 0.15) is 5.82 Å². The molecule has 8 nitrogen and oxygen atoms in total. The van der Waals surface area contributed by atoms with Gasteiger partial charge in [-0.05, 0) is 55.9 Å². The third kappa shape index (κ3) is 6.37. The number of carboxylic acids is 1. The fraction of sp³-hybridized carbons (Fsp3) is 0.400. The molecule has 200 valence electrons. The predicted octanol–water partition coefficient (Wildman–Crippen LogP) is 3.09. The summed E-state index contributed by atoms with van der Waals surface area (Å²) in [7, 11) is 5.86. The van der Waals surface area contributed by atoms with Crippen molar-refractivity contribution in [2.45, 2.75) is 18.1 Å². The number of halogens is 4. The molecule has 2 heterocycles. The smallest absolute Gasteiger partial charge is 0.475 e. The number of aliphatic carboxylic acids is 1. The largest absolute Gasteiger partial charge is 0.490 e. The van der Waals surface area contributed by atoms with Gasteiger partial charge in [-0.3, -0.25) is 14.5 Å². The second kappa shape index (κ2) is 10.8. The SMILES string of the molecule is CN(C)c1ccc(C(=O)N2CCC3(C2)CN(c2cccc(F)c2)C(=O)CN3C)cc1.O=C(O)C(F)(F)F. The van der Waals surface area contributed by atoms with E-state index in [0.717, 1.165) is 12.1 Å². The molecule has 2 aromatic carbocycles. The molecule has 0 aliphatic carbocycles. The molecule has 0 aromatic heterocycles. The van der Waals surface area contributed by atoms with E-state index in [1.807, 2.05) is 60.1 Å². The van der Waals surface area contributed by atoms with Gasteiger partial charge in [-0.25, -0.2) is 9.18 Å². The number of nitrogens with zero attached hydrogens (tertiary/aromatic N) is 4. The number of hydrogen-bond acceptors (Lipinski definition) is 5. The van der Waals surface area contributed by atoms with Crippen LogP contribution in [-0.2, 0) is 9.59 Å². The van der Waals surface area contributed by atoms with Gasteiger partial charge in [0.15, 0.2) is 0 Å². The van der Waals surface area contributed by atoms with E-state index in [1.165, 1.54) is 12.1 Å². The van der Waals surface area contributed by atoms with Crippen LogP contribution in [0.25, 0.3) is 0 Å². The lowest BCUT2D eigenvalue weighted by Gasteiger charge is -2.46. The predicted molar refractivity (Wildman–Crippen MR) is 129 cm³/mol. The van der Waals surface area contributed by atoms with Crippen LogP contribution in [0.1, 0.15) is 16.8 Å². The lowest BCUT2D eigenvalue weighted by atomic mass is 9.92. The molecule has 4 rings (SSSR count). The fourth-order valence-corrected chi connectivity index (χ4v) is 4.39. The fourth-order valence-electron chi connectivity index (χ4n) is 4.39. The molecule has 0 saturated carbocycles. The summed E-state index contributed by atoms with van der Waals surface area (Å²) in [6, 6.07) is 13.7. The Bertz CT molecular complexity index is 1160. The molecule has 2 aliphatic rings. The Hall–Kier alpha value is -3.67. The maximum absolute atomic E-state index is 13.7. The van der Waals surface area contributed by atoms with E-state index in [0.29, 0.717) is 30.9 Å². The van der Waals surface area contributed by atoms with Gasteiger partial charge in [0.05, 0.1) is 12.1 Å². The molecule has 1 atom stereocenters. The van der Waals surface area contributed by atoms with Crippen LogP contribution in [0.5, 0.6) is 0 Å². The van der Waals surface area contributed by atoms with Crippen LogP contribution >= 0.6 is 0 Å². The van der Waals surface area contributed by atoms with Crippen LogP contribution in [-0.4, -0.2) is 91.7 Å². The molecule has 0 bridgehead atoms. The Morgan fingerprint density at radius 3 is 2.22 bits per heavy atom. The van der Waals surface area contributed by atoms with E-state index in [1.54, 1.807) is 17.0 Å².